The Morgan fingerprint density at radius 2 is 1.92 bits per heavy atom. The first-order valence-corrected chi connectivity index (χ1v) is 8.86. The van der Waals surface area contributed by atoms with Crippen molar-refractivity contribution in [3.8, 4) is 17.1 Å². The van der Waals surface area contributed by atoms with Gasteiger partial charge in [0.15, 0.2) is 5.82 Å². The van der Waals surface area contributed by atoms with Gasteiger partial charge in [0.1, 0.15) is 11.6 Å². The summed E-state index contributed by atoms with van der Waals surface area (Å²) >= 11 is 1.45. The third-order valence-corrected chi connectivity index (χ3v) is 4.42. The van der Waals surface area contributed by atoms with E-state index in [4.69, 9.17) is 10.6 Å². The van der Waals surface area contributed by atoms with Crippen LogP contribution in [0.4, 0.5) is 4.39 Å². The van der Waals surface area contributed by atoms with Crippen LogP contribution < -0.4 is 10.6 Å². The molecule has 0 bridgehead atoms. The molecule has 0 aliphatic heterocycles. The number of nitrogen functional groups attached to an aromatic ring is 1. The van der Waals surface area contributed by atoms with Crippen LogP contribution in [0.2, 0.25) is 0 Å². The summed E-state index contributed by atoms with van der Waals surface area (Å²) in [5, 5.41) is 8.93. The molecule has 0 aliphatic carbocycles. The second-order valence-electron chi connectivity index (χ2n) is 5.79. The third-order valence-electron chi connectivity index (χ3n) is 3.41. The number of nitrogens with zero attached hydrogens (tertiary/aromatic N) is 3. The molecule has 0 amide bonds. The highest BCUT2D eigenvalue weighted by Crippen LogP contribution is 2.26. The summed E-state index contributed by atoms with van der Waals surface area (Å²) < 4.78 is 20.1. The standard InChI is InChI=1S/C18H19FN4OS/c1-12(2)24-16-5-3-4-14(10-16)17-21-22-18(23(17)20)25-11-13-6-8-15(19)9-7-13/h3-10,12H,11,20H2,1-2H3. The van der Waals surface area contributed by atoms with Crippen molar-refractivity contribution in [1.82, 2.24) is 14.9 Å². The lowest BCUT2D eigenvalue weighted by atomic mass is 10.2. The molecule has 0 unspecified atom stereocenters. The van der Waals surface area contributed by atoms with Crippen molar-refractivity contribution in [2.45, 2.75) is 30.9 Å². The number of ether oxygens (including phenoxy) is 1. The molecular weight excluding hydrogens is 339 g/mol. The minimum absolute atomic E-state index is 0.0906. The van der Waals surface area contributed by atoms with Gasteiger partial charge in [0, 0.05) is 11.3 Å². The predicted octanol–water partition coefficient (Wildman–Crippen LogP) is 3.88. The number of aromatic nitrogens is 3. The van der Waals surface area contributed by atoms with Crippen molar-refractivity contribution in [3.63, 3.8) is 0 Å². The highest BCUT2D eigenvalue weighted by molar-refractivity contribution is 7.98. The monoisotopic (exact) mass is 358 g/mol. The molecule has 1 heterocycles. The summed E-state index contributed by atoms with van der Waals surface area (Å²) in [4.78, 5) is 0. The zero-order valence-corrected chi connectivity index (χ0v) is 14.8. The van der Waals surface area contributed by atoms with E-state index in [1.54, 1.807) is 12.1 Å². The van der Waals surface area contributed by atoms with Gasteiger partial charge < -0.3 is 10.6 Å². The average Bonchev–Trinajstić information content (AvgIpc) is 2.95. The van der Waals surface area contributed by atoms with Gasteiger partial charge in [-0.1, -0.05) is 36.0 Å². The van der Waals surface area contributed by atoms with E-state index in [1.807, 2.05) is 38.1 Å². The zero-order valence-electron chi connectivity index (χ0n) is 14.0. The second kappa shape index (κ2) is 7.57. The number of benzene rings is 2. The van der Waals surface area contributed by atoms with Gasteiger partial charge in [-0.25, -0.2) is 9.07 Å². The molecule has 0 spiro atoms. The molecule has 0 radical (unpaired) electrons. The lowest BCUT2D eigenvalue weighted by molar-refractivity contribution is 0.242. The Morgan fingerprint density at radius 3 is 2.64 bits per heavy atom. The Morgan fingerprint density at radius 1 is 1.16 bits per heavy atom. The van der Waals surface area contributed by atoms with Gasteiger partial charge in [-0.05, 0) is 43.7 Å². The summed E-state index contributed by atoms with van der Waals surface area (Å²) in [5.41, 5.74) is 1.82. The third kappa shape index (κ3) is 4.30. The van der Waals surface area contributed by atoms with E-state index >= 15 is 0 Å². The predicted molar refractivity (Wildman–Crippen MR) is 97.3 cm³/mol. The number of halogens is 1. The smallest absolute Gasteiger partial charge is 0.210 e. The minimum Gasteiger partial charge on any atom is -0.491 e. The molecule has 3 rings (SSSR count). The maximum Gasteiger partial charge on any atom is 0.210 e. The van der Waals surface area contributed by atoms with E-state index < -0.39 is 0 Å². The molecule has 0 saturated heterocycles. The van der Waals surface area contributed by atoms with Gasteiger partial charge in [0.25, 0.3) is 0 Å². The summed E-state index contributed by atoms with van der Waals surface area (Å²) in [7, 11) is 0. The molecule has 0 fully saturated rings. The first-order valence-electron chi connectivity index (χ1n) is 7.88. The maximum absolute atomic E-state index is 13.0. The van der Waals surface area contributed by atoms with E-state index in [1.165, 1.54) is 28.6 Å². The molecule has 3 aromatic rings. The normalized spacial score (nSPS) is 11.0. The zero-order chi connectivity index (χ0) is 17.8. The van der Waals surface area contributed by atoms with E-state index in [0.29, 0.717) is 16.7 Å². The Kier molecular flexibility index (Phi) is 5.23. The van der Waals surface area contributed by atoms with Crippen LogP contribution in [0.5, 0.6) is 5.75 Å². The molecule has 0 atom stereocenters. The maximum atomic E-state index is 13.0. The molecule has 25 heavy (non-hydrogen) atoms. The highest BCUT2D eigenvalue weighted by atomic mass is 32.2. The molecule has 5 nitrogen and oxygen atoms in total. The number of nitrogens with two attached hydrogens (primary N) is 1. The second-order valence-corrected chi connectivity index (χ2v) is 6.73. The number of hydrogen-bond donors (Lipinski definition) is 1. The number of hydrogen-bond acceptors (Lipinski definition) is 5. The molecule has 0 aliphatic rings. The van der Waals surface area contributed by atoms with E-state index in [-0.39, 0.29) is 11.9 Å². The molecule has 2 aromatic carbocycles. The fourth-order valence-electron chi connectivity index (χ4n) is 2.28. The summed E-state index contributed by atoms with van der Waals surface area (Å²) in [6.07, 6.45) is 0.0906. The Labute approximate surface area is 150 Å². The van der Waals surface area contributed by atoms with E-state index in [0.717, 1.165) is 16.9 Å². The number of rotatable bonds is 6. The minimum atomic E-state index is -0.249. The van der Waals surface area contributed by atoms with Gasteiger partial charge in [-0.15, -0.1) is 10.2 Å². The van der Waals surface area contributed by atoms with Crippen molar-refractivity contribution in [2.75, 3.05) is 5.84 Å². The van der Waals surface area contributed by atoms with Crippen LogP contribution in [0.3, 0.4) is 0 Å². The summed E-state index contributed by atoms with van der Waals surface area (Å²) in [5.74, 6) is 7.85. The Hall–Kier alpha value is -2.54. The van der Waals surface area contributed by atoms with Crippen molar-refractivity contribution in [2.24, 2.45) is 0 Å². The molecular formula is C18H19FN4OS. The van der Waals surface area contributed by atoms with Crippen LogP contribution in [0.15, 0.2) is 53.7 Å². The Bertz CT molecular complexity index is 849. The SMILES string of the molecule is CC(C)Oc1cccc(-c2nnc(SCc3ccc(F)cc3)n2N)c1. The average molecular weight is 358 g/mol. The van der Waals surface area contributed by atoms with Crippen LogP contribution in [0, 0.1) is 5.82 Å². The van der Waals surface area contributed by atoms with Gasteiger partial charge in [0.05, 0.1) is 6.10 Å². The molecule has 7 heteroatoms. The van der Waals surface area contributed by atoms with Gasteiger partial charge in [-0.2, -0.15) is 0 Å². The summed E-state index contributed by atoms with van der Waals surface area (Å²) in [6.45, 7) is 3.95. The van der Waals surface area contributed by atoms with Gasteiger partial charge >= 0.3 is 0 Å². The van der Waals surface area contributed by atoms with Crippen molar-refractivity contribution in [1.29, 1.82) is 0 Å². The lowest BCUT2D eigenvalue weighted by Gasteiger charge is -2.10. The summed E-state index contributed by atoms with van der Waals surface area (Å²) in [6, 6.07) is 14.0. The highest BCUT2D eigenvalue weighted by Gasteiger charge is 2.13. The van der Waals surface area contributed by atoms with Crippen molar-refractivity contribution in [3.05, 3.63) is 59.9 Å². The van der Waals surface area contributed by atoms with E-state index in [9.17, 15) is 4.39 Å². The van der Waals surface area contributed by atoms with Crippen LogP contribution >= 0.6 is 11.8 Å². The Balaban J connectivity index is 1.75. The quantitative estimate of drug-likeness (QED) is 0.535. The van der Waals surface area contributed by atoms with Gasteiger partial charge in [-0.3, -0.25) is 0 Å². The van der Waals surface area contributed by atoms with Crippen molar-refractivity contribution < 1.29 is 9.13 Å². The molecule has 2 N–H and O–H groups in total. The van der Waals surface area contributed by atoms with Crippen LogP contribution in [-0.2, 0) is 5.75 Å². The molecule has 0 saturated carbocycles. The first-order chi connectivity index (χ1) is 12.0. The van der Waals surface area contributed by atoms with Crippen molar-refractivity contribution >= 4 is 11.8 Å². The molecule has 130 valence electrons. The van der Waals surface area contributed by atoms with E-state index in [2.05, 4.69) is 10.2 Å². The van der Waals surface area contributed by atoms with Crippen LogP contribution in [0.1, 0.15) is 19.4 Å². The first kappa shape index (κ1) is 17.3. The fourth-order valence-corrected chi connectivity index (χ4v) is 3.09. The topological polar surface area (TPSA) is 66.0 Å². The van der Waals surface area contributed by atoms with Crippen LogP contribution in [0.25, 0.3) is 11.4 Å². The molecule has 1 aromatic heterocycles. The largest absolute Gasteiger partial charge is 0.491 e. The lowest BCUT2D eigenvalue weighted by Crippen LogP contribution is -2.11. The van der Waals surface area contributed by atoms with Crippen LogP contribution in [-0.4, -0.2) is 21.0 Å². The fraction of sp³-hybridized carbons (Fsp3) is 0.222. The van der Waals surface area contributed by atoms with Gasteiger partial charge in [0.2, 0.25) is 5.16 Å². The number of thioether (sulfide) groups is 1.